The molecule has 1 atom stereocenters. The Bertz CT molecular complexity index is 843. The van der Waals surface area contributed by atoms with Crippen molar-refractivity contribution in [2.75, 3.05) is 19.6 Å². The Balaban J connectivity index is 1.41. The molecule has 2 heterocycles. The van der Waals surface area contributed by atoms with Gasteiger partial charge in [0.05, 0.1) is 10.9 Å². The zero-order chi connectivity index (χ0) is 18.8. The Labute approximate surface area is 163 Å². The van der Waals surface area contributed by atoms with E-state index >= 15 is 0 Å². The van der Waals surface area contributed by atoms with Gasteiger partial charge in [0, 0.05) is 25.2 Å². The molecule has 1 unspecified atom stereocenters. The van der Waals surface area contributed by atoms with E-state index in [9.17, 15) is 9.59 Å². The van der Waals surface area contributed by atoms with Gasteiger partial charge in [0.2, 0.25) is 5.91 Å². The molecule has 1 N–H and O–H groups in total. The molecule has 1 aromatic heterocycles. The van der Waals surface area contributed by atoms with Gasteiger partial charge in [-0.05, 0) is 55.9 Å². The lowest BCUT2D eigenvalue weighted by Crippen LogP contribution is -2.45. The molecule has 1 saturated carbocycles. The fourth-order valence-electron chi connectivity index (χ4n) is 3.50. The van der Waals surface area contributed by atoms with Crippen molar-refractivity contribution >= 4 is 23.4 Å². The van der Waals surface area contributed by atoms with Gasteiger partial charge in [-0.1, -0.05) is 23.7 Å². The van der Waals surface area contributed by atoms with Crippen LogP contribution in [0, 0.1) is 11.8 Å². The van der Waals surface area contributed by atoms with Gasteiger partial charge in [0.1, 0.15) is 5.76 Å². The van der Waals surface area contributed by atoms with Crippen molar-refractivity contribution in [3.05, 3.63) is 47.2 Å². The third-order valence-electron chi connectivity index (χ3n) is 5.30. The molecule has 142 valence electrons. The van der Waals surface area contributed by atoms with E-state index in [1.807, 2.05) is 18.2 Å². The van der Waals surface area contributed by atoms with Crippen LogP contribution in [0.2, 0.25) is 5.02 Å². The van der Waals surface area contributed by atoms with Crippen molar-refractivity contribution in [2.24, 2.45) is 11.8 Å². The van der Waals surface area contributed by atoms with Crippen LogP contribution >= 0.6 is 11.6 Å². The summed E-state index contributed by atoms with van der Waals surface area (Å²) < 4.78 is 5.77. The van der Waals surface area contributed by atoms with Gasteiger partial charge < -0.3 is 14.6 Å². The van der Waals surface area contributed by atoms with E-state index in [2.05, 4.69) is 5.32 Å². The third kappa shape index (κ3) is 4.19. The van der Waals surface area contributed by atoms with E-state index in [1.54, 1.807) is 23.1 Å². The number of carbonyl (C=O) groups excluding carboxylic acids is 2. The molecule has 27 heavy (non-hydrogen) atoms. The van der Waals surface area contributed by atoms with Gasteiger partial charge in [-0.25, -0.2) is 0 Å². The van der Waals surface area contributed by atoms with Crippen molar-refractivity contribution < 1.29 is 14.0 Å². The first kappa shape index (κ1) is 18.1. The van der Waals surface area contributed by atoms with Crippen LogP contribution in [-0.4, -0.2) is 36.3 Å². The normalized spacial score (nSPS) is 19.7. The molecule has 2 fully saturated rings. The summed E-state index contributed by atoms with van der Waals surface area (Å²) in [5, 5.41) is 3.61. The predicted molar refractivity (Wildman–Crippen MR) is 104 cm³/mol. The largest absolute Gasteiger partial charge is 0.451 e. The van der Waals surface area contributed by atoms with Gasteiger partial charge in [0.25, 0.3) is 5.91 Å². The maximum atomic E-state index is 12.8. The van der Waals surface area contributed by atoms with Gasteiger partial charge in [-0.3, -0.25) is 9.59 Å². The number of carbonyl (C=O) groups is 2. The van der Waals surface area contributed by atoms with Crippen molar-refractivity contribution in [2.45, 2.75) is 25.7 Å². The lowest BCUT2D eigenvalue weighted by atomic mass is 9.97. The van der Waals surface area contributed by atoms with Gasteiger partial charge >= 0.3 is 0 Å². The summed E-state index contributed by atoms with van der Waals surface area (Å²) in [7, 11) is 0. The number of hydrogen-bond donors (Lipinski definition) is 1. The van der Waals surface area contributed by atoms with Crippen molar-refractivity contribution in [3.63, 3.8) is 0 Å². The molecule has 0 bridgehead atoms. The van der Waals surface area contributed by atoms with E-state index in [-0.39, 0.29) is 23.5 Å². The summed E-state index contributed by atoms with van der Waals surface area (Å²) in [6.07, 6.45) is 4.07. The minimum Gasteiger partial charge on any atom is -0.451 e. The second-order valence-corrected chi connectivity index (χ2v) is 7.83. The summed E-state index contributed by atoms with van der Waals surface area (Å²) in [6, 6.07) is 10.8. The monoisotopic (exact) mass is 386 g/mol. The number of rotatable bonds is 5. The first-order valence-electron chi connectivity index (χ1n) is 9.53. The van der Waals surface area contributed by atoms with Crippen LogP contribution in [0.1, 0.15) is 36.2 Å². The Morgan fingerprint density at radius 1 is 1.15 bits per heavy atom. The number of likely N-dealkylation sites (tertiary alicyclic amines) is 1. The number of nitrogens with one attached hydrogen (secondary N) is 1. The zero-order valence-corrected chi connectivity index (χ0v) is 15.9. The molecule has 1 saturated heterocycles. The molecule has 6 heteroatoms. The minimum atomic E-state index is -0.173. The zero-order valence-electron chi connectivity index (χ0n) is 15.1. The quantitative estimate of drug-likeness (QED) is 0.845. The van der Waals surface area contributed by atoms with Gasteiger partial charge in [-0.2, -0.15) is 0 Å². The maximum Gasteiger partial charge on any atom is 0.289 e. The lowest BCUT2D eigenvalue weighted by molar-refractivity contribution is -0.126. The van der Waals surface area contributed by atoms with Crippen LogP contribution in [0.15, 0.2) is 40.8 Å². The second kappa shape index (κ2) is 7.77. The average molecular weight is 387 g/mol. The fourth-order valence-corrected chi connectivity index (χ4v) is 3.73. The summed E-state index contributed by atoms with van der Waals surface area (Å²) in [6.45, 7) is 1.85. The van der Waals surface area contributed by atoms with E-state index in [0.717, 1.165) is 24.9 Å². The average Bonchev–Trinajstić information content (AvgIpc) is 3.40. The van der Waals surface area contributed by atoms with Gasteiger partial charge in [-0.15, -0.1) is 0 Å². The van der Waals surface area contributed by atoms with Crippen LogP contribution in [-0.2, 0) is 4.79 Å². The summed E-state index contributed by atoms with van der Waals surface area (Å²) in [5.41, 5.74) is 0.759. The molecular formula is C21H23ClN2O3. The Hall–Kier alpha value is -2.27. The second-order valence-electron chi connectivity index (χ2n) is 7.42. The van der Waals surface area contributed by atoms with Crippen molar-refractivity contribution in [1.82, 2.24) is 10.2 Å². The van der Waals surface area contributed by atoms with Gasteiger partial charge in [0.15, 0.2) is 5.76 Å². The molecule has 5 nitrogen and oxygen atoms in total. The minimum absolute atomic E-state index is 0.0654. The smallest absolute Gasteiger partial charge is 0.289 e. The number of hydrogen-bond acceptors (Lipinski definition) is 3. The highest BCUT2D eigenvalue weighted by Gasteiger charge is 2.31. The Morgan fingerprint density at radius 2 is 1.96 bits per heavy atom. The molecule has 0 spiro atoms. The Kier molecular flexibility index (Phi) is 5.21. The number of amides is 2. The van der Waals surface area contributed by atoms with Crippen LogP contribution in [0.3, 0.4) is 0 Å². The van der Waals surface area contributed by atoms with E-state index in [4.69, 9.17) is 16.0 Å². The molecule has 2 amide bonds. The van der Waals surface area contributed by atoms with Crippen LogP contribution in [0.25, 0.3) is 11.3 Å². The number of furan rings is 1. The summed E-state index contributed by atoms with van der Waals surface area (Å²) in [4.78, 5) is 26.9. The number of halogens is 1. The highest BCUT2D eigenvalue weighted by Crippen LogP contribution is 2.30. The Morgan fingerprint density at radius 3 is 2.74 bits per heavy atom. The molecule has 2 aliphatic rings. The standard InChI is InChI=1S/C21H23ClN2O3/c22-17-6-2-1-5-16(17)18-9-10-19(27-18)21(26)24-11-3-4-15(13-24)20(25)23-12-14-7-8-14/h1-2,5-6,9-10,14-15H,3-4,7-8,11-13H2,(H,23,25). The number of nitrogens with zero attached hydrogens (tertiary/aromatic N) is 1. The van der Waals surface area contributed by atoms with Crippen molar-refractivity contribution in [1.29, 1.82) is 0 Å². The highest BCUT2D eigenvalue weighted by molar-refractivity contribution is 6.33. The first-order valence-corrected chi connectivity index (χ1v) is 9.91. The van der Waals surface area contributed by atoms with Crippen LogP contribution in [0.4, 0.5) is 0 Å². The molecule has 0 radical (unpaired) electrons. The third-order valence-corrected chi connectivity index (χ3v) is 5.63. The van der Waals surface area contributed by atoms with E-state index in [1.165, 1.54) is 12.8 Å². The molecular weight excluding hydrogens is 364 g/mol. The predicted octanol–water partition coefficient (Wildman–Crippen LogP) is 3.98. The SMILES string of the molecule is O=C(NCC1CC1)C1CCCN(C(=O)c2ccc(-c3ccccc3Cl)o2)C1. The number of benzene rings is 1. The highest BCUT2D eigenvalue weighted by atomic mass is 35.5. The molecule has 1 aliphatic carbocycles. The molecule has 2 aromatic rings. The lowest BCUT2D eigenvalue weighted by Gasteiger charge is -2.31. The molecule has 1 aromatic carbocycles. The molecule has 4 rings (SSSR count). The van der Waals surface area contributed by atoms with Crippen LogP contribution < -0.4 is 5.32 Å². The summed E-state index contributed by atoms with van der Waals surface area (Å²) in [5.74, 6) is 1.26. The maximum absolute atomic E-state index is 12.8. The van der Waals surface area contributed by atoms with Crippen molar-refractivity contribution in [3.8, 4) is 11.3 Å². The first-order chi connectivity index (χ1) is 13.1. The molecule has 1 aliphatic heterocycles. The van der Waals surface area contributed by atoms with Crippen LogP contribution in [0.5, 0.6) is 0 Å². The number of piperidine rings is 1. The van der Waals surface area contributed by atoms with E-state index in [0.29, 0.717) is 29.8 Å². The van der Waals surface area contributed by atoms with E-state index < -0.39 is 0 Å². The fraction of sp³-hybridized carbons (Fsp3) is 0.429. The summed E-state index contributed by atoms with van der Waals surface area (Å²) >= 11 is 6.21. The topological polar surface area (TPSA) is 62.6 Å².